The zero-order valence-corrected chi connectivity index (χ0v) is 15.1. The van der Waals surface area contributed by atoms with Gasteiger partial charge in [0, 0.05) is 18.7 Å². The van der Waals surface area contributed by atoms with E-state index in [-0.39, 0.29) is 12.2 Å². The molecular weight excluding hydrogens is 352 g/mol. The molecule has 1 fully saturated rings. The number of anilines is 1. The van der Waals surface area contributed by atoms with Crippen LogP contribution in [0.3, 0.4) is 0 Å². The minimum absolute atomic E-state index is 0.223. The van der Waals surface area contributed by atoms with E-state index in [1.54, 1.807) is 29.2 Å². The first-order chi connectivity index (χ1) is 12.6. The van der Waals surface area contributed by atoms with Crippen LogP contribution in [0.15, 0.2) is 41.8 Å². The Balaban J connectivity index is 1.63. The molecule has 1 aromatic carbocycles. The van der Waals surface area contributed by atoms with Gasteiger partial charge < -0.3 is 9.84 Å². The monoisotopic (exact) mass is 372 g/mol. The van der Waals surface area contributed by atoms with Crippen LogP contribution in [0.25, 0.3) is 0 Å². The highest BCUT2D eigenvalue weighted by Gasteiger charge is 2.51. The van der Waals surface area contributed by atoms with Crippen molar-refractivity contribution in [1.82, 2.24) is 4.90 Å². The van der Waals surface area contributed by atoms with Crippen LogP contribution in [-0.4, -0.2) is 54.7 Å². The SMILES string of the molecule is O=C(C[C@]1(O)C(=O)N(CN2CCOCC2)c2ccccc21)c1cccs1. The molecule has 1 amide bonds. The number of amides is 1. The molecule has 0 radical (unpaired) electrons. The van der Waals surface area contributed by atoms with E-state index in [1.165, 1.54) is 11.3 Å². The molecule has 0 aliphatic carbocycles. The van der Waals surface area contributed by atoms with Crippen LogP contribution >= 0.6 is 11.3 Å². The zero-order chi connectivity index (χ0) is 18.1. The van der Waals surface area contributed by atoms with Crippen LogP contribution in [0, 0.1) is 0 Å². The van der Waals surface area contributed by atoms with Crippen molar-refractivity contribution in [3.8, 4) is 0 Å². The normalized spacial score (nSPS) is 23.3. The predicted octanol–water partition coefficient (Wildman–Crippen LogP) is 1.84. The summed E-state index contributed by atoms with van der Waals surface area (Å²) in [7, 11) is 0. The number of hydrogen-bond acceptors (Lipinski definition) is 6. The van der Waals surface area contributed by atoms with Gasteiger partial charge in [-0.1, -0.05) is 24.3 Å². The Bertz CT molecular complexity index is 817. The van der Waals surface area contributed by atoms with Crippen molar-refractivity contribution >= 4 is 28.7 Å². The Hall–Kier alpha value is -2.06. The minimum atomic E-state index is -1.82. The van der Waals surface area contributed by atoms with Gasteiger partial charge in [0.2, 0.25) is 0 Å². The van der Waals surface area contributed by atoms with E-state index in [0.717, 1.165) is 13.1 Å². The Morgan fingerprint density at radius 3 is 2.69 bits per heavy atom. The smallest absolute Gasteiger partial charge is 0.265 e. The van der Waals surface area contributed by atoms with Gasteiger partial charge in [-0.25, -0.2) is 0 Å². The van der Waals surface area contributed by atoms with Gasteiger partial charge in [0.15, 0.2) is 11.4 Å². The third-order valence-electron chi connectivity index (χ3n) is 4.90. The maximum atomic E-state index is 13.1. The summed E-state index contributed by atoms with van der Waals surface area (Å²) in [5, 5.41) is 13.0. The molecule has 2 aliphatic rings. The summed E-state index contributed by atoms with van der Waals surface area (Å²) in [5.41, 5.74) is -0.641. The maximum Gasteiger partial charge on any atom is 0.265 e. The Labute approximate surface area is 155 Å². The molecule has 1 aromatic heterocycles. The summed E-state index contributed by atoms with van der Waals surface area (Å²) in [6.07, 6.45) is -0.247. The fraction of sp³-hybridized carbons (Fsp3) is 0.368. The van der Waals surface area contributed by atoms with Crippen molar-refractivity contribution in [3.05, 3.63) is 52.2 Å². The molecule has 2 aromatic rings. The number of rotatable bonds is 5. The second kappa shape index (κ2) is 6.92. The van der Waals surface area contributed by atoms with Crippen LogP contribution in [0.4, 0.5) is 5.69 Å². The van der Waals surface area contributed by atoms with Crippen molar-refractivity contribution < 1.29 is 19.4 Å². The van der Waals surface area contributed by atoms with Gasteiger partial charge in [0.1, 0.15) is 0 Å². The van der Waals surface area contributed by atoms with Crippen molar-refractivity contribution in [3.63, 3.8) is 0 Å². The molecular formula is C19H20N2O4S. The summed E-state index contributed by atoms with van der Waals surface area (Å²) in [5.74, 6) is -0.658. The van der Waals surface area contributed by atoms with Crippen molar-refractivity contribution in [2.24, 2.45) is 0 Å². The highest BCUT2D eigenvalue weighted by molar-refractivity contribution is 7.12. The Morgan fingerprint density at radius 1 is 1.19 bits per heavy atom. The lowest BCUT2D eigenvalue weighted by molar-refractivity contribution is -0.136. The number of nitrogens with zero attached hydrogens (tertiary/aromatic N) is 2. The van der Waals surface area contributed by atoms with Crippen LogP contribution in [0.1, 0.15) is 21.7 Å². The fourth-order valence-electron chi connectivity index (χ4n) is 3.52. The molecule has 1 saturated heterocycles. The lowest BCUT2D eigenvalue weighted by Gasteiger charge is -2.31. The van der Waals surface area contributed by atoms with E-state index in [0.29, 0.717) is 36.0 Å². The van der Waals surface area contributed by atoms with Crippen molar-refractivity contribution in [2.45, 2.75) is 12.0 Å². The highest BCUT2D eigenvalue weighted by atomic mass is 32.1. The lowest BCUT2D eigenvalue weighted by atomic mass is 9.89. The van der Waals surface area contributed by atoms with E-state index in [1.807, 2.05) is 17.5 Å². The molecule has 1 N–H and O–H groups in total. The number of ether oxygens (including phenoxy) is 1. The van der Waals surface area contributed by atoms with Gasteiger partial charge >= 0.3 is 0 Å². The highest BCUT2D eigenvalue weighted by Crippen LogP contribution is 2.43. The predicted molar refractivity (Wildman–Crippen MR) is 98.4 cm³/mol. The van der Waals surface area contributed by atoms with Crippen LogP contribution in [0.2, 0.25) is 0 Å². The number of hydrogen-bond donors (Lipinski definition) is 1. The summed E-state index contributed by atoms with van der Waals surface area (Å²) >= 11 is 1.32. The zero-order valence-electron chi connectivity index (χ0n) is 14.3. The van der Waals surface area contributed by atoms with Gasteiger partial charge in [-0.15, -0.1) is 11.3 Å². The van der Waals surface area contributed by atoms with Crippen molar-refractivity contribution in [1.29, 1.82) is 0 Å². The van der Waals surface area contributed by atoms with Crippen LogP contribution in [-0.2, 0) is 15.1 Å². The van der Waals surface area contributed by atoms with E-state index in [9.17, 15) is 14.7 Å². The quantitative estimate of drug-likeness (QED) is 0.811. The molecule has 7 heteroatoms. The second-order valence-electron chi connectivity index (χ2n) is 6.56. The molecule has 1 atom stereocenters. The number of ketones is 1. The fourth-order valence-corrected chi connectivity index (χ4v) is 4.18. The third-order valence-corrected chi connectivity index (χ3v) is 5.81. The topological polar surface area (TPSA) is 70.1 Å². The number of carbonyl (C=O) groups is 2. The molecule has 4 rings (SSSR count). The minimum Gasteiger partial charge on any atom is -0.379 e. The summed E-state index contributed by atoms with van der Waals surface area (Å²) in [6.45, 7) is 3.11. The number of carbonyl (C=O) groups excluding carboxylic acids is 2. The van der Waals surface area contributed by atoms with E-state index in [4.69, 9.17) is 4.74 Å². The lowest BCUT2D eigenvalue weighted by Crippen LogP contribution is -2.49. The van der Waals surface area contributed by atoms with Gasteiger partial charge in [-0.3, -0.25) is 19.4 Å². The molecule has 136 valence electrons. The maximum absolute atomic E-state index is 13.1. The standard InChI is InChI=1S/C19H20N2O4S/c22-16(17-6-3-11-26-17)12-19(24)14-4-1-2-5-15(14)21(18(19)23)13-20-7-9-25-10-8-20/h1-6,11,24H,7-10,12-13H2/t19-/m1/s1. The first-order valence-corrected chi connectivity index (χ1v) is 9.48. The van der Waals surface area contributed by atoms with Crippen LogP contribution in [0.5, 0.6) is 0 Å². The number of para-hydroxylation sites is 1. The van der Waals surface area contributed by atoms with Gasteiger partial charge in [-0.2, -0.15) is 0 Å². The second-order valence-corrected chi connectivity index (χ2v) is 7.51. The first kappa shape index (κ1) is 17.4. The molecule has 2 aliphatic heterocycles. The molecule has 6 nitrogen and oxygen atoms in total. The van der Waals surface area contributed by atoms with E-state index < -0.39 is 11.5 Å². The number of morpholine rings is 1. The van der Waals surface area contributed by atoms with Gasteiger partial charge in [-0.05, 0) is 17.5 Å². The Kier molecular flexibility index (Phi) is 4.62. The Morgan fingerprint density at radius 2 is 1.96 bits per heavy atom. The number of aliphatic hydroxyl groups is 1. The molecule has 0 bridgehead atoms. The van der Waals surface area contributed by atoms with Crippen LogP contribution < -0.4 is 4.90 Å². The number of benzene rings is 1. The molecule has 0 saturated carbocycles. The summed E-state index contributed by atoms with van der Waals surface area (Å²) in [6, 6.07) is 10.7. The molecule has 26 heavy (non-hydrogen) atoms. The summed E-state index contributed by atoms with van der Waals surface area (Å²) in [4.78, 5) is 30.0. The van der Waals surface area contributed by atoms with Crippen molar-refractivity contribution in [2.75, 3.05) is 37.9 Å². The molecule has 0 spiro atoms. The van der Waals surface area contributed by atoms with Gasteiger partial charge in [0.05, 0.1) is 36.9 Å². The molecule has 0 unspecified atom stereocenters. The average Bonchev–Trinajstić information content (AvgIpc) is 3.26. The summed E-state index contributed by atoms with van der Waals surface area (Å²) < 4.78 is 5.36. The number of fused-ring (bicyclic) bond motifs is 1. The number of Topliss-reactive ketones (excluding diaryl/α,β-unsaturated/α-hetero) is 1. The van der Waals surface area contributed by atoms with E-state index in [2.05, 4.69) is 4.90 Å². The average molecular weight is 372 g/mol. The largest absolute Gasteiger partial charge is 0.379 e. The first-order valence-electron chi connectivity index (χ1n) is 8.60. The third kappa shape index (κ3) is 2.97. The van der Waals surface area contributed by atoms with E-state index >= 15 is 0 Å². The molecule has 3 heterocycles. The number of thiophene rings is 1. The van der Waals surface area contributed by atoms with Gasteiger partial charge in [0.25, 0.3) is 5.91 Å².